The van der Waals surface area contributed by atoms with Gasteiger partial charge in [-0.1, -0.05) is 18.2 Å². The molecule has 0 saturated carbocycles. The highest BCUT2D eigenvalue weighted by atomic mass is 19.4. The summed E-state index contributed by atoms with van der Waals surface area (Å²) in [6.07, 6.45) is -5.00. The van der Waals surface area contributed by atoms with Gasteiger partial charge in [-0.05, 0) is 49.2 Å². The summed E-state index contributed by atoms with van der Waals surface area (Å²) in [5.41, 5.74) is 1.58. The van der Waals surface area contributed by atoms with Crippen LogP contribution in [0.5, 0.6) is 0 Å². The molecule has 0 radical (unpaired) electrons. The van der Waals surface area contributed by atoms with Crippen LogP contribution in [-0.2, 0) is 15.8 Å². The van der Waals surface area contributed by atoms with Crippen LogP contribution in [0.25, 0.3) is 0 Å². The Labute approximate surface area is 143 Å². The smallest absolute Gasteiger partial charge is 0.326 e. The van der Waals surface area contributed by atoms with Gasteiger partial charge in [0, 0.05) is 11.4 Å². The molecule has 0 fully saturated rings. The fourth-order valence-electron chi connectivity index (χ4n) is 2.21. The van der Waals surface area contributed by atoms with Gasteiger partial charge in [0.25, 0.3) is 0 Å². The van der Waals surface area contributed by atoms with Crippen LogP contribution < -0.4 is 10.6 Å². The van der Waals surface area contributed by atoms with E-state index in [2.05, 4.69) is 10.6 Å². The summed E-state index contributed by atoms with van der Waals surface area (Å²) >= 11 is 0. The highest BCUT2D eigenvalue weighted by molar-refractivity contribution is 6.08. The number of amides is 2. The van der Waals surface area contributed by atoms with E-state index in [9.17, 15) is 22.8 Å². The summed E-state index contributed by atoms with van der Waals surface area (Å²) in [6, 6.07) is 9.63. The number of benzene rings is 2. The van der Waals surface area contributed by atoms with Crippen LogP contribution in [0.1, 0.15) is 23.1 Å². The van der Waals surface area contributed by atoms with Gasteiger partial charge in [-0.2, -0.15) is 13.2 Å². The number of carbonyl (C=O) groups is 2. The van der Waals surface area contributed by atoms with E-state index in [0.717, 1.165) is 23.3 Å². The molecule has 0 aliphatic carbocycles. The number of alkyl halides is 3. The van der Waals surface area contributed by atoms with Crippen LogP contribution in [0, 0.1) is 13.8 Å². The van der Waals surface area contributed by atoms with E-state index >= 15 is 0 Å². The first-order valence-corrected chi connectivity index (χ1v) is 7.50. The van der Waals surface area contributed by atoms with Gasteiger partial charge >= 0.3 is 6.18 Å². The first kappa shape index (κ1) is 18.5. The molecule has 0 aliphatic rings. The summed E-state index contributed by atoms with van der Waals surface area (Å²) in [5.74, 6) is -1.24. The number of hydrogen-bond acceptors (Lipinski definition) is 2. The lowest BCUT2D eigenvalue weighted by atomic mass is 10.1. The topological polar surface area (TPSA) is 58.2 Å². The van der Waals surface area contributed by atoms with Crippen molar-refractivity contribution in [3.63, 3.8) is 0 Å². The fraction of sp³-hybridized carbons (Fsp3) is 0.222. The van der Waals surface area contributed by atoms with Crippen molar-refractivity contribution >= 4 is 23.2 Å². The molecule has 2 N–H and O–H groups in total. The molecule has 0 heterocycles. The Bertz CT molecular complexity index is 801. The Kier molecular flexibility index (Phi) is 5.46. The molecule has 0 aromatic heterocycles. The molecule has 0 atom stereocenters. The third kappa shape index (κ3) is 5.07. The highest BCUT2D eigenvalue weighted by Gasteiger charge is 2.30. The van der Waals surface area contributed by atoms with Crippen molar-refractivity contribution in [3.05, 3.63) is 59.2 Å². The van der Waals surface area contributed by atoms with Gasteiger partial charge < -0.3 is 10.6 Å². The molecule has 0 spiro atoms. The number of halogens is 3. The molecule has 0 aliphatic heterocycles. The summed E-state index contributed by atoms with van der Waals surface area (Å²) in [7, 11) is 0. The van der Waals surface area contributed by atoms with Gasteiger partial charge in [0.1, 0.15) is 6.42 Å². The Morgan fingerprint density at radius 2 is 1.60 bits per heavy atom. The van der Waals surface area contributed by atoms with Crippen molar-refractivity contribution in [1.29, 1.82) is 0 Å². The molecule has 0 saturated heterocycles. The maximum atomic E-state index is 12.7. The zero-order chi connectivity index (χ0) is 18.6. The van der Waals surface area contributed by atoms with Crippen LogP contribution >= 0.6 is 0 Å². The van der Waals surface area contributed by atoms with Crippen molar-refractivity contribution in [2.75, 3.05) is 10.6 Å². The van der Waals surface area contributed by atoms with Gasteiger partial charge in [0.15, 0.2) is 0 Å². The van der Waals surface area contributed by atoms with Crippen molar-refractivity contribution in [2.24, 2.45) is 0 Å². The van der Waals surface area contributed by atoms with Crippen molar-refractivity contribution in [3.8, 4) is 0 Å². The number of hydrogen-bond donors (Lipinski definition) is 2. The third-order valence-corrected chi connectivity index (χ3v) is 3.67. The molecule has 0 bridgehead atoms. The molecule has 7 heteroatoms. The Hall–Kier alpha value is -2.83. The second kappa shape index (κ2) is 7.38. The van der Waals surface area contributed by atoms with Crippen molar-refractivity contribution in [1.82, 2.24) is 0 Å². The van der Waals surface area contributed by atoms with E-state index in [1.807, 2.05) is 19.9 Å². The molecule has 2 amide bonds. The zero-order valence-corrected chi connectivity index (χ0v) is 13.7. The minimum atomic E-state index is -4.50. The monoisotopic (exact) mass is 350 g/mol. The molecule has 2 aromatic rings. The minimum absolute atomic E-state index is 0.0145. The van der Waals surface area contributed by atoms with Crippen LogP contribution in [0.2, 0.25) is 0 Å². The predicted octanol–water partition coefficient (Wildman–Crippen LogP) is 4.29. The molecule has 132 valence electrons. The largest absolute Gasteiger partial charge is 0.416 e. The van der Waals surface area contributed by atoms with Crippen LogP contribution in [-0.4, -0.2) is 11.8 Å². The van der Waals surface area contributed by atoms with Crippen molar-refractivity contribution in [2.45, 2.75) is 26.4 Å². The van der Waals surface area contributed by atoms with E-state index in [1.165, 1.54) is 12.1 Å². The quantitative estimate of drug-likeness (QED) is 0.808. The molecular formula is C18H17F3N2O2. The molecule has 0 unspecified atom stereocenters. The average Bonchev–Trinajstić information content (AvgIpc) is 2.51. The second-order valence-corrected chi connectivity index (χ2v) is 5.60. The zero-order valence-electron chi connectivity index (χ0n) is 13.7. The predicted molar refractivity (Wildman–Crippen MR) is 89.2 cm³/mol. The summed E-state index contributed by atoms with van der Waals surface area (Å²) < 4.78 is 38.0. The van der Waals surface area contributed by atoms with E-state index in [0.29, 0.717) is 5.69 Å². The summed E-state index contributed by atoms with van der Waals surface area (Å²) in [6.45, 7) is 3.74. The second-order valence-electron chi connectivity index (χ2n) is 5.60. The van der Waals surface area contributed by atoms with E-state index in [1.54, 1.807) is 12.1 Å². The highest BCUT2D eigenvalue weighted by Crippen LogP contribution is 2.30. The number of anilines is 2. The fourth-order valence-corrected chi connectivity index (χ4v) is 2.21. The number of nitrogens with one attached hydrogen (secondary N) is 2. The number of rotatable bonds is 4. The van der Waals surface area contributed by atoms with Crippen LogP contribution in [0.4, 0.5) is 24.5 Å². The molecule has 25 heavy (non-hydrogen) atoms. The Morgan fingerprint density at radius 1 is 0.960 bits per heavy atom. The summed E-state index contributed by atoms with van der Waals surface area (Å²) in [4.78, 5) is 23.8. The van der Waals surface area contributed by atoms with Crippen molar-refractivity contribution < 1.29 is 22.8 Å². The molecule has 2 rings (SSSR count). The summed E-state index contributed by atoms with van der Waals surface area (Å²) in [5, 5.41) is 4.92. The van der Waals surface area contributed by atoms with Gasteiger partial charge in [0.05, 0.1) is 5.56 Å². The lowest BCUT2D eigenvalue weighted by molar-refractivity contribution is -0.137. The van der Waals surface area contributed by atoms with E-state index in [-0.39, 0.29) is 5.69 Å². The molecule has 4 nitrogen and oxygen atoms in total. The van der Waals surface area contributed by atoms with Gasteiger partial charge in [-0.15, -0.1) is 0 Å². The first-order valence-electron chi connectivity index (χ1n) is 7.50. The molecular weight excluding hydrogens is 333 g/mol. The minimum Gasteiger partial charge on any atom is -0.326 e. The lowest BCUT2D eigenvalue weighted by Crippen LogP contribution is -2.22. The average molecular weight is 350 g/mol. The van der Waals surface area contributed by atoms with E-state index in [4.69, 9.17) is 0 Å². The van der Waals surface area contributed by atoms with Gasteiger partial charge in [-0.3, -0.25) is 9.59 Å². The van der Waals surface area contributed by atoms with Crippen LogP contribution in [0.15, 0.2) is 42.5 Å². The van der Waals surface area contributed by atoms with Gasteiger partial charge in [0.2, 0.25) is 11.8 Å². The molecule has 2 aromatic carbocycles. The standard InChI is InChI=1S/C18H17F3N2O2/c1-11-5-3-8-15(12(11)2)23-17(25)10-16(24)22-14-7-4-6-13(9-14)18(19,20)21/h3-9H,10H2,1-2H3,(H,22,24)(H,23,25). The Morgan fingerprint density at radius 3 is 2.28 bits per heavy atom. The normalized spacial score (nSPS) is 11.1. The Balaban J connectivity index is 1.98. The number of carbonyl (C=O) groups excluding carboxylic acids is 2. The lowest BCUT2D eigenvalue weighted by Gasteiger charge is -2.11. The SMILES string of the molecule is Cc1cccc(NC(=O)CC(=O)Nc2cccc(C(F)(F)F)c2)c1C. The number of aryl methyl sites for hydroxylation is 1. The van der Waals surface area contributed by atoms with Crippen LogP contribution in [0.3, 0.4) is 0 Å². The third-order valence-electron chi connectivity index (χ3n) is 3.67. The van der Waals surface area contributed by atoms with E-state index < -0.39 is 30.0 Å². The van der Waals surface area contributed by atoms with Gasteiger partial charge in [-0.25, -0.2) is 0 Å². The first-order chi connectivity index (χ1) is 11.7. The maximum absolute atomic E-state index is 12.7. The maximum Gasteiger partial charge on any atom is 0.416 e.